The molecule has 4 aromatic heterocycles. The van der Waals surface area contributed by atoms with Gasteiger partial charge in [0, 0.05) is 151 Å². The third-order valence-corrected chi connectivity index (χ3v) is 25.1. The fourth-order valence-corrected chi connectivity index (χ4v) is 16.8. The van der Waals surface area contributed by atoms with Gasteiger partial charge < -0.3 is 62.1 Å². The third-order valence-electron chi connectivity index (χ3n) is 22.2. The molecule has 4 saturated heterocycles. The highest BCUT2D eigenvalue weighted by Gasteiger charge is 2.27. The van der Waals surface area contributed by atoms with Crippen LogP contribution in [0.4, 0.5) is 46.0 Å². The molecular formula is C101H98Br4N20O8S. The normalized spacial score (nSPS) is 13.9. The van der Waals surface area contributed by atoms with Gasteiger partial charge in [-0.2, -0.15) is 11.8 Å². The maximum absolute atomic E-state index is 12.9. The van der Waals surface area contributed by atoms with Crippen molar-refractivity contribution < 1.29 is 38.4 Å². The van der Waals surface area contributed by atoms with Crippen LogP contribution in [-0.2, 0) is 0 Å². The van der Waals surface area contributed by atoms with Gasteiger partial charge in [-0.25, -0.2) is 19.9 Å². The van der Waals surface area contributed by atoms with Crippen LogP contribution in [-0.4, -0.2) is 173 Å². The molecule has 0 bridgehead atoms. The van der Waals surface area contributed by atoms with Crippen LogP contribution in [0.15, 0.2) is 285 Å². The van der Waals surface area contributed by atoms with E-state index in [1.807, 2.05) is 23.9 Å². The van der Waals surface area contributed by atoms with Crippen LogP contribution >= 0.6 is 75.5 Å². The number of amides is 8. The maximum atomic E-state index is 12.9. The number of nitrogens with zero attached hydrogens (tertiary/aromatic N) is 8. The minimum absolute atomic E-state index is 0.323. The number of benzene rings is 8. The van der Waals surface area contributed by atoms with Crippen molar-refractivity contribution in [2.24, 2.45) is 0 Å². The lowest BCUT2D eigenvalue weighted by Crippen LogP contribution is -2.37. The molecular weight excluding hydrogens is 1970 g/mol. The topological polar surface area (TPSA) is 393 Å². The van der Waals surface area contributed by atoms with E-state index in [1.54, 1.807) is 255 Å². The molecule has 4 aliphatic rings. The summed E-state index contributed by atoms with van der Waals surface area (Å²) >= 11 is 15.2. The Morgan fingerprint density at radius 3 is 0.769 bits per heavy atom. The van der Waals surface area contributed by atoms with Gasteiger partial charge in [-0.15, -0.1) is 0 Å². The van der Waals surface area contributed by atoms with Crippen molar-refractivity contribution in [3.8, 4) is 0 Å². The zero-order chi connectivity index (χ0) is 94.4. The molecule has 4 fully saturated rings. The summed E-state index contributed by atoms with van der Waals surface area (Å²) in [6, 6.07) is 69.6. The van der Waals surface area contributed by atoms with E-state index < -0.39 is 0 Å². The Bertz CT molecular complexity index is 6000. The molecule has 8 heterocycles. The second-order valence-corrected chi connectivity index (χ2v) is 36.4. The van der Waals surface area contributed by atoms with E-state index in [0.29, 0.717) is 120 Å². The number of rotatable bonds is 20. The number of likely N-dealkylation sites (tertiary alicyclic amines) is 3. The number of amidine groups is 4. The number of thioether (sulfide) groups is 1. The number of nitrogens with one attached hydrogen (secondary N) is 12. The van der Waals surface area contributed by atoms with Crippen LogP contribution < -0.4 is 42.5 Å². The standard InChI is InChI=1S/C27H28BrN5O2.2C25H24BrN5O2.C24H22BrN5O2S/c28-21-14-15-24(30-18-21)32-27(35)22-8-4-5-9-23(22)31-26(34)20-12-10-19(11-13-20)25(29)33-16-6-2-1-3-7-17-33;1-16-5-4-14-31(16)23(27)17-8-10-18(11-9-17)24(32)29-21-7-3-2-6-20(21)25(33)30-22-13-12-19(26)15-28-22;26-19-12-13-22(28-16-19)30-25(33)20-6-2-3-7-21(20)29-24(32)18-10-8-17(9-11-18)23(27)31-14-4-1-5-15-31;25-18-9-10-21(27-15-18)29-24(32)19-3-1-2-4-20(19)28-23(31)17-7-5-16(6-8-17)22(26)30-11-13-33-14-12-30/h4-5,8-15,18,29H,1-3,6-7,16-17H2,(H,31,34)(H,30,32,35);2-3,6-13,15-16,27H,4-5,14H2,1H3,(H,29,32)(H,28,30,33);2-3,6-13,16,27H,1,4-5,14-15H2,(H,29,32)(H,28,30,33);1-10,15,26H,11-14H2,(H,28,31)(H,27,29,32). The van der Waals surface area contributed by atoms with Crippen molar-refractivity contribution in [3.05, 3.63) is 352 Å². The van der Waals surface area contributed by atoms with E-state index in [0.717, 1.165) is 136 Å². The summed E-state index contributed by atoms with van der Waals surface area (Å²) in [6.45, 7) is 8.33. The van der Waals surface area contributed by atoms with E-state index >= 15 is 0 Å². The Kier molecular flexibility index (Phi) is 35.5. The van der Waals surface area contributed by atoms with Crippen molar-refractivity contribution in [1.82, 2.24) is 39.5 Å². The molecule has 33 heteroatoms. The smallest absolute Gasteiger partial charge is 0.258 e. The zero-order valence-corrected chi connectivity index (χ0v) is 80.3. The second-order valence-electron chi connectivity index (χ2n) is 31.6. The summed E-state index contributed by atoms with van der Waals surface area (Å²) < 4.78 is 3.24. The van der Waals surface area contributed by atoms with Gasteiger partial charge in [0.1, 0.15) is 46.6 Å². The predicted molar refractivity (Wildman–Crippen MR) is 545 cm³/mol. The minimum atomic E-state index is -0.371. The molecule has 0 radical (unpaired) electrons. The van der Waals surface area contributed by atoms with Crippen LogP contribution in [0.25, 0.3) is 0 Å². The van der Waals surface area contributed by atoms with Crippen LogP contribution in [0.3, 0.4) is 0 Å². The first kappa shape index (κ1) is 97.8. The van der Waals surface area contributed by atoms with Crippen LogP contribution in [0.1, 0.15) is 176 Å². The quantitative estimate of drug-likeness (QED) is 0.0249. The third kappa shape index (κ3) is 27.7. The van der Waals surface area contributed by atoms with Crippen molar-refractivity contribution >= 4 is 192 Å². The summed E-state index contributed by atoms with van der Waals surface area (Å²) in [7, 11) is 0. The van der Waals surface area contributed by atoms with E-state index in [9.17, 15) is 38.4 Å². The molecule has 1 atom stereocenters. The Hall–Kier alpha value is -13.7. The molecule has 12 aromatic rings. The number of carbonyl (C=O) groups excluding carboxylic acids is 8. The number of anilines is 8. The number of para-hydroxylation sites is 4. The number of piperidine rings is 1. The Balaban J connectivity index is 0.000000152. The molecule has 134 heavy (non-hydrogen) atoms. The second kappa shape index (κ2) is 48.6. The highest BCUT2D eigenvalue weighted by molar-refractivity contribution is 9.11. The van der Waals surface area contributed by atoms with Gasteiger partial charge >= 0.3 is 0 Å². The molecule has 28 nitrogen and oxygen atoms in total. The number of halogens is 4. The average Bonchev–Trinajstić information content (AvgIpc) is 1.02. The van der Waals surface area contributed by atoms with Gasteiger partial charge in [0.15, 0.2) is 0 Å². The summed E-state index contributed by atoms with van der Waals surface area (Å²) in [5.74, 6) is 2.86. The molecule has 0 saturated carbocycles. The number of carbonyl (C=O) groups is 8. The molecule has 0 aliphatic carbocycles. The van der Waals surface area contributed by atoms with E-state index in [-0.39, 0.29) is 47.3 Å². The fraction of sp³-hybridized carbons (Fsp3) is 0.208. The predicted octanol–water partition coefficient (Wildman–Crippen LogP) is 21.0. The number of hydrogen-bond acceptors (Lipinski definition) is 17. The summed E-state index contributed by atoms with van der Waals surface area (Å²) in [5.41, 5.74) is 7.90. The van der Waals surface area contributed by atoms with E-state index in [4.69, 9.17) is 21.6 Å². The lowest BCUT2D eigenvalue weighted by molar-refractivity contribution is 0.101. The SMILES string of the molecule is CC1CCCN1C(=N)c1ccc(C(=O)Nc2ccccc2C(=O)Nc2ccc(Br)cn2)cc1.N=C(c1ccc(C(=O)Nc2ccccc2C(=O)Nc2ccc(Br)cn2)cc1)N1CCCCC1.N=C(c1ccc(C(=O)Nc2ccccc2C(=O)Nc2ccc(Br)cn2)cc1)N1CCCCCCC1.N=C(c1ccc(C(=O)Nc2ccccc2C(=O)Nc2ccc(Br)cn2)cc1)N1CCSCC1. The fourth-order valence-electron chi connectivity index (χ4n) is 14.9. The number of pyridine rings is 4. The average molecular weight is 2070 g/mol. The molecule has 4 aliphatic heterocycles. The molecule has 0 spiro atoms. The largest absolute Gasteiger partial charge is 0.357 e. The first-order valence-electron chi connectivity index (χ1n) is 43.6. The molecule has 8 amide bonds. The lowest BCUT2D eigenvalue weighted by Gasteiger charge is -2.29. The van der Waals surface area contributed by atoms with Crippen molar-refractivity contribution in [2.45, 2.75) is 77.2 Å². The van der Waals surface area contributed by atoms with E-state index in [1.165, 1.54) is 25.7 Å². The Morgan fingerprint density at radius 2 is 0.515 bits per heavy atom. The zero-order valence-electron chi connectivity index (χ0n) is 73.2. The highest BCUT2D eigenvalue weighted by atomic mass is 79.9. The van der Waals surface area contributed by atoms with Gasteiger partial charge in [-0.1, -0.05) is 116 Å². The first-order chi connectivity index (χ1) is 64.9. The molecule has 8 aromatic carbocycles. The monoisotopic (exact) mass is 2070 g/mol. The number of aromatic nitrogens is 4. The molecule has 16 rings (SSSR count). The van der Waals surface area contributed by atoms with Gasteiger partial charge in [0.25, 0.3) is 47.3 Å². The summed E-state index contributed by atoms with van der Waals surface area (Å²) in [6.07, 6.45) is 17.9. The van der Waals surface area contributed by atoms with E-state index in [2.05, 4.69) is 153 Å². The Morgan fingerprint density at radius 1 is 0.276 bits per heavy atom. The Labute approximate surface area is 814 Å². The van der Waals surface area contributed by atoms with Crippen molar-refractivity contribution in [1.29, 1.82) is 21.6 Å². The maximum Gasteiger partial charge on any atom is 0.258 e. The highest BCUT2D eigenvalue weighted by Crippen LogP contribution is 2.29. The van der Waals surface area contributed by atoms with Crippen LogP contribution in [0, 0.1) is 21.6 Å². The van der Waals surface area contributed by atoms with Gasteiger partial charge in [-0.05, 0) is 261 Å². The van der Waals surface area contributed by atoms with Crippen LogP contribution in [0.5, 0.6) is 0 Å². The summed E-state index contributed by atoms with van der Waals surface area (Å²) in [5, 5.41) is 56.2. The molecule has 1 unspecified atom stereocenters. The van der Waals surface area contributed by atoms with Crippen LogP contribution in [0.2, 0.25) is 0 Å². The summed E-state index contributed by atoms with van der Waals surface area (Å²) in [4.78, 5) is 128. The van der Waals surface area contributed by atoms with Gasteiger partial charge in [0.05, 0.1) is 45.0 Å². The van der Waals surface area contributed by atoms with Crippen molar-refractivity contribution in [3.63, 3.8) is 0 Å². The first-order valence-corrected chi connectivity index (χ1v) is 48.0. The lowest BCUT2D eigenvalue weighted by atomic mass is 10.1. The minimum Gasteiger partial charge on any atom is -0.357 e. The molecule has 12 N–H and O–H groups in total. The number of hydrogen-bond donors (Lipinski definition) is 12. The van der Waals surface area contributed by atoms with Crippen molar-refractivity contribution in [2.75, 3.05) is 99.9 Å². The van der Waals surface area contributed by atoms with Gasteiger partial charge in [-0.3, -0.25) is 60.0 Å². The van der Waals surface area contributed by atoms with Gasteiger partial charge in [0.2, 0.25) is 0 Å². The molecule has 684 valence electrons.